The summed E-state index contributed by atoms with van der Waals surface area (Å²) >= 11 is 5.88. The van der Waals surface area contributed by atoms with Crippen molar-refractivity contribution < 1.29 is 9.05 Å². The minimum Gasteiger partial charge on any atom is -0.436 e. The van der Waals surface area contributed by atoms with Crippen LogP contribution in [0.15, 0.2) is 30.3 Å². The first kappa shape index (κ1) is 11.8. The van der Waals surface area contributed by atoms with Gasteiger partial charge in [-0.3, -0.25) is 0 Å². The van der Waals surface area contributed by atoms with E-state index in [1.165, 1.54) is 0 Å². The zero-order chi connectivity index (χ0) is 10.4. The molecule has 0 N–H and O–H groups in total. The molecule has 1 aromatic rings. The summed E-state index contributed by atoms with van der Waals surface area (Å²) in [5.41, 5.74) is 0. The molecule has 78 valence electrons. The van der Waals surface area contributed by atoms with Gasteiger partial charge in [-0.2, -0.15) is 0 Å². The van der Waals surface area contributed by atoms with Gasteiger partial charge in [-0.1, -0.05) is 32.0 Å². The Labute approximate surface area is 90.9 Å². The van der Waals surface area contributed by atoms with Crippen molar-refractivity contribution in [3.63, 3.8) is 0 Å². The molecule has 0 saturated heterocycles. The van der Waals surface area contributed by atoms with Gasteiger partial charge < -0.3 is 9.05 Å². The highest BCUT2D eigenvalue weighted by Crippen LogP contribution is 2.44. The number of rotatable bonds is 5. The quantitative estimate of drug-likeness (QED) is 0.709. The van der Waals surface area contributed by atoms with E-state index in [-0.39, 0.29) is 0 Å². The first-order valence-electron chi connectivity index (χ1n) is 4.50. The molecular weight excluding hydrogens is 219 g/mol. The maximum absolute atomic E-state index is 5.88. The summed E-state index contributed by atoms with van der Waals surface area (Å²) < 4.78 is 10.7. The first-order valence-corrected chi connectivity index (χ1v) is 6.58. The average molecular weight is 233 g/mol. The summed E-state index contributed by atoms with van der Waals surface area (Å²) in [6.07, 6.45) is 0. The summed E-state index contributed by atoms with van der Waals surface area (Å²) in [6, 6.07) is 9.45. The van der Waals surface area contributed by atoms with Crippen LogP contribution in [0.4, 0.5) is 0 Å². The van der Waals surface area contributed by atoms with Crippen molar-refractivity contribution in [1.82, 2.24) is 0 Å². The van der Waals surface area contributed by atoms with Crippen molar-refractivity contribution in [2.75, 3.05) is 6.61 Å². The van der Waals surface area contributed by atoms with Crippen LogP contribution in [0.2, 0.25) is 0 Å². The highest BCUT2D eigenvalue weighted by Gasteiger charge is 2.09. The molecule has 0 aromatic heterocycles. The SMILES string of the molecule is CC(C)COP(Cl)Oc1ccccc1. The van der Waals surface area contributed by atoms with E-state index in [2.05, 4.69) is 13.8 Å². The molecule has 1 unspecified atom stereocenters. The molecule has 0 aliphatic heterocycles. The third-order valence-electron chi connectivity index (χ3n) is 1.43. The van der Waals surface area contributed by atoms with Crippen LogP contribution in [0.25, 0.3) is 0 Å². The van der Waals surface area contributed by atoms with Gasteiger partial charge in [-0.15, -0.1) is 0 Å². The van der Waals surface area contributed by atoms with Gasteiger partial charge in [0.15, 0.2) is 0 Å². The van der Waals surface area contributed by atoms with Gasteiger partial charge in [0.2, 0.25) is 0 Å². The lowest BCUT2D eigenvalue weighted by Gasteiger charge is -2.12. The van der Waals surface area contributed by atoms with E-state index in [0.717, 1.165) is 5.75 Å². The summed E-state index contributed by atoms with van der Waals surface area (Å²) in [5, 5.41) is 0. The van der Waals surface area contributed by atoms with Gasteiger partial charge in [0.05, 0.1) is 6.61 Å². The molecule has 0 bridgehead atoms. The van der Waals surface area contributed by atoms with Crippen LogP contribution in [0.3, 0.4) is 0 Å². The van der Waals surface area contributed by atoms with Crippen molar-refractivity contribution in [1.29, 1.82) is 0 Å². The van der Waals surface area contributed by atoms with Crippen molar-refractivity contribution in [3.8, 4) is 5.75 Å². The van der Waals surface area contributed by atoms with E-state index in [0.29, 0.717) is 12.5 Å². The summed E-state index contributed by atoms with van der Waals surface area (Å²) in [5.74, 6) is 1.22. The maximum atomic E-state index is 5.88. The zero-order valence-electron chi connectivity index (χ0n) is 8.31. The lowest BCUT2D eigenvalue weighted by molar-refractivity contribution is 0.279. The molecule has 4 heteroatoms. The number of hydrogen-bond acceptors (Lipinski definition) is 2. The predicted molar refractivity (Wildman–Crippen MR) is 60.6 cm³/mol. The minimum atomic E-state index is -1.32. The van der Waals surface area contributed by atoms with E-state index >= 15 is 0 Å². The van der Waals surface area contributed by atoms with Gasteiger partial charge >= 0.3 is 7.73 Å². The standard InChI is InChI=1S/C10H14ClO2P/c1-9(2)8-12-14(11)13-10-6-4-3-5-7-10/h3-7,9H,8H2,1-2H3. The number of para-hydroxylation sites is 1. The number of hydrogen-bond donors (Lipinski definition) is 0. The Bertz CT molecular complexity index is 254. The van der Waals surface area contributed by atoms with E-state index in [1.54, 1.807) is 0 Å². The van der Waals surface area contributed by atoms with Crippen LogP contribution in [0.1, 0.15) is 13.8 Å². The first-order chi connectivity index (χ1) is 6.68. The van der Waals surface area contributed by atoms with Crippen molar-refractivity contribution >= 4 is 19.0 Å². The molecule has 0 aliphatic carbocycles. The summed E-state index contributed by atoms with van der Waals surface area (Å²) in [6.45, 7) is 4.77. The molecule has 0 fully saturated rings. The topological polar surface area (TPSA) is 18.5 Å². The molecule has 1 aromatic carbocycles. The molecule has 0 aliphatic rings. The lowest BCUT2D eigenvalue weighted by atomic mass is 10.2. The molecule has 0 heterocycles. The largest absolute Gasteiger partial charge is 0.436 e. The van der Waals surface area contributed by atoms with Gasteiger partial charge in [0.25, 0.3) is 0 Å². The molecule has 1 rings (SSSR count). The Morgan fingerprint density at radius 3 is 2.50 bits per heavy atom. The number of halogens is 1. The zero-order valence-corrected chi connectivity index (χ0v) is 9.96. The highest BCUT2D eigenvalue weighted by atomic mass is 35.7. The molecule has 0 amide bonds. The Balaban J connectivity index is 2.30. The smallest absolute Gasteiger partial charge is 0.338 e. The normalized spacial score (nSPS) is 12.9. The molecular formula is C10H14ClO2P. The van der Waals surface area contributed by atoms with Gasteiger partial charge in [0.1, 0.15) is 5.75 Å². The molecule has 0 radical (unpaired) electrons. The van der Waals surface area contributed by atoms with Crippen LogP contribution >= 0.6 is 19.0 Å². The van der Waals surface area contributed by atoms with Crippen LogP contribution in [0, 0.1) is 5.92 Å². The fourth-order valence-corrected chi connectivity index (χ4v) is 1.96. The van der Waals surface area contributed by atoms with Crippen LogP contribution in [-0.4, -0.2) is 6.61 Å². The maximum Gasteiger partial charge on any atom is 0.338 e. The Hall–Kier alpha value is -0.300. The van der Waals surface area contributed by atoms with E-state index in [9.17, 15) is 0 Å². The van der Waals surface area contributed by atoms with Gasteiger partial charge in [-0.05, 0) is 29.3 Å². The van der Waals surface area contributed by atoms with Gasteiger partial charge in [-0.25, -0.2) is 0 Å². The third-order valence-corrected chi connectivity index (χ3v) is 2.64. The Morgan fingerprint density at radius 2 is 1.93 bits per heavy atom. The summed E-state index contributed by atoms with van der Waals surface area (Å²) in [4.78, 5) is 0. The van der Waals surface area contributed by atoms with Crippen molar-refractivity contribution in [2.45, 2.75) is 13.8 Å². The van der Waals surface area contributed by atoms with Gasteiger partial charge in [0, 0.05) is 0 Å². The second-order valence-electron chi connectivity index (χ2n) is 3.31. The molecule has 0 spiro atoms. The van der Waals surface area contributed by atoms with E-state index in [4.69, 9.17) is 20.3 Å². The molecule has 1 atom stereocenters. The highest BCUT2D eigenvalue weighted by molar-refractivity contribution is 7.76. The van der Waals surface area contributed by atoms with Crippen LogP contribution in [-0.2, 0) is 4.52 Å². The minimum absolute atomic E-state index is 0.470. The van der Waals surface area contributed by atoms with E-state index < -0.39 is 7.73 Å². The molecule has 2 nitrogen and oxygen atoms in total. The van der Waals surface area contributed by atoms with E-state index in [1.807, 2.05) is 30.3 Å². The molecule has 0 saturated carbocycles. The van der Waals surface area contributed by atoms with Crippen LogP contribution in [0.5, 0.6) is 5.75 Å². The second kappa shape index (κ2) is 6.23. The third kappa shape index (κ3) is 4.80. The monoisotopic (exact) mass is 232 g/mol. The Morgan fingerprint density at radius 1 is 1.29 bits per heavy atom. The fraction of sp³-hybridized carbons (Fsp3) is 0.400. The average Bonchev–Trinajstić information content (AvgIpc) is 2.16. The lowest BCUT2D eigenvalue weighted by Crippen LogP contribution is -1.98. The summed E-state index contributed by atoms with van der Waals surface area (Å²) in [7, 11) is -1.32. The Kier molecular flexibility index (Phi) is 5.24. The number of benzene rings is 1. The van der Waals surface area contributed by atoms with Crippen LogP contribution < -0.4 is 4.52 Å². The predicted octanol–water partition coefficient (Wildman–Crippen LogP) is 4.20. The fourth-order valence-electron chi connectivity index (χ4n) is 0.798. The molecule has 14 heavy (non-hydrogen) atoms. The van der Waals surface area contributed by atoms with Crippen molar-refractivity contribution in [3.05, 3.63) is 30.3 Å². The van der Waals surface area contributed by atoms with Crippen molar-refractivity contribution in [2.24, 2.45) is 5.92 Å². The second-order valence-corrected chi connectivity index (χ2v) is 5.00.